The van der Waals surface area contributed by atoms with Gasteiger partial charge in [0.15, 0.2) is 0 Å². The van der Waals surface area contributed by atoms with Gasteiger partial charge in [-0.2, -0.15) is 0 Å². The van der Waals surface area contributed by atoms with Gasteiger partial charge >= 0.3 is 0 Å². The van der Waals surface area contributed by atoms with E-state index in [1.165, 1.54) is 10.6 Å². The van der Waals surface area contributed by atoms with Crippen LogP contribution in [0.3, 0.4) is 0 Å². The van der Waals surface area contributed by atoms with Gasteiger partial charge in [-0.15, -0.1) is 0 Å². The smallest absolute Gasteiger partial charge is 0.277 e. The van der Waals surface area contributed by atoms with E-state index in [9.17, 15) is 20.3 Å². The van der Waals surface area contributed by atoms with Gasteiger partial charge in [0.05, 0.1) is 16.0 Å². The molecule has 27 heavy (non-hydrogen) atoms. The zero-order chi connectivity index (χ0) is 18.7. The van der Waals surface area contributed by atoms with Gasteiger partial charge in [-0.05, 0) is 25.0 Å². The van der Waals surface area contributed by atoms with Crippen molar-refractivity contribution in [3.8, 4) is 17.4 Å². The van der Waals surface area contributed by atoms with Gasteiger partial charge in [-0.3, -0.25) is 14.7 Å². The number of nitrogens with zero attached hydrogens (tertiary/aromatic N) is 2. The number of rotatable bonds is 2. The van der Waals surface area contributed by atoms with Crippen molar-refractivity contribution in [3.63, 3.8) is 0 Å². The standard InChI is InChI=1S/C21H18N2O4/c24-20-18-12-4-3-5-13(9-8-12)19(18)21(25)22(20)16-10-11-17(23(26)27)15-7-2-1-6-14(15)16/h1-2,6-13,24-25H,3-5H2/t12-,13+. The van der Waals surface area contributed by atoms with Gasteiger partial charge in [0.25, 0.3) is 5.69 Å². The lowest BCUT2D eigenvalue weighted by atomic mass is 9.86. The molecule has 2 aromatic carbocycles. The molecule has 6 rings (SSSR count). The highest BCUT2D eigenvalue weighted by atomic mass is 16.6. The summed E-state index contributed by atoms with van der Waals surface area (Å²) in [5.74, 6) is 0.246. The SMILES string of the molecule is O=[N+]([O-])c1ccc(-n2c(O)c3c(c2O)[C@H]2C=C[C@@H]3CCC2)c2ccccc12. The number of aromatic hydroxyl groups is 2. The molecule has 0 saturated heterocycles. The van der Waals surface area contributed by atoms with Crippen molar-refractivity contribution in [1.29, 1.82) is 0 Å². The van der Waals surface area contributed by atoms with E-state index in [0.717, 1.165) is 30.4 Å². The monoisotopic (exact) mass is 362 g/mol. The fraction of sp³-hybridized carbons (Fsp3) is 0.238. The van der Waals surface area contributed by atoms with Crippen LogP contribution in [0.2, 0.25) is 0 Å². The number of aromatic nitrogens is 1. The highest BCUT2D eigenvalue weighted by Crippen LogP contribution is 2.53. The van der Waals surface area contributed by atoms with Crippen LogP contribution in [0.1, 0.15) is 42.2 Å². The Kier molecular flexibility index (Phi) is 3.31. The summed E-state index contributed by atoms with van der Waals surface area (Å²) in [5, 5.41) is 34.5. The molecule has 2 N–H and O–H groups in total. The zero-order valence-electron chi connectivity index (χ0n) is 14.5. The first-order chi connectivity index (χ1) is 13.1. The summed E-state index contributed by atoms with van der Waals surface area (Å²) < 4.78 is 1.44. The quantitative estimate of drug-likeness (QED) is 0.387. The molecule has 0 spiro atoms. The second-order valence-corrected chi connectivity index (χ2v) is 7.25. The van der Waals surface area contributed by atoms with E-state index < -0.39 is 4.92 Å². The number of benzene rings is 2. The third-order valence-corrected chi connectivity index (χ3v) is 5.86. The van der Waals surface area contributed by atoms with Crippen LogP contribution in [-0.4, -0.2) is 19.7 Å². The Balaban J connectivity index is 1.81. The van der Waals surface area contributed by atoms with Gasteiger partial charge in [0, 0.05) is 34.4 Å². The Morgan fingerprint density at radius 3 is 2.11 bits per heavy atom. The number of fused-ring (bicyclic) bond motifs is 3. The molecule has 0 aliphatic heterocycles. The zero-order valence-corrected chi connectivity index (χ0v) is 14.5. The van der Waals surface area contributed by atoms with Crippen molar-refractivity contribution in [1.82, 2.24) is 4.57 Å². The van der Waals surface area contributed by atoms with Gasteiger partial charge in [0.1, 0.15) is 0 Å². The molecule has 0 amide bonds. The van der Waals surface area contributed by atoms with Crippen molar-refractivity contribution in [2.24, 2.45) is 0 Å². The molecule has 3 aliphatic rings. The van der Waals surface area contributed by atoms with Crippen LogP contribution >= 0.6 is 0 Å². The average Bonchev–Trinajstić information content (AvgIpc) is 2.87. The second kappa shape index (κ2) is 5.61. The van der Waals surface area contributed by atoms with Crippen LogP contribution < -0.4 is 0 Å². The lowest BCUT2D eigenvalue weighted by Gasteiger charge is -2.17. The summed E-state index contributed by atoms with van der Waals surface area (Å²) in [7, 11) is 0. The first-order valence-electron chi connectivity index (χ1n) is 9.09. The number of allylic oxidation sites excluding steroid dienone is 2. The summed E-state index contributed by atoms with van der Waals surface area (Å²) in [4.78, 5) is 11.0. The lowest BCUT2D eigenvalue weighted by molar-refractivity contribution is -0.383. The number of hydrogen-bond donors (Lipinski definition) is 2. The Labute approximate surface area is 155 Å². The fourth-order valence-electron chi connectivity index (χ4n) is 4.66. The maximum Gasteiger partial charge on any atom is 0.277 e. The molecule has 2 bridgehead atoms. The average molecular weight is 362 g/mol. The third kappa shape index (κ3) is 2.13. The maximum absolute atomic E-state index is 11.4. The van der Waals surface area contributed by atoms with Crippen LogP contribution in [0.25, 0.3) is 16.5 Å². The number of hydrogen-bond acceptors (Lipinski definition) is 4. The van der Waals surface area contributed by atoms with E-state index in [1.54, 1.807) is 30.3 Å². The van der Waals surface area contributed by atoms with Crippen LogP contribution in [0.4, 0.5) is 5.69 Å². The molecule has 0 unspecified atom stereocenters. The van der Waals surface area contributed by atoms with Crippen molar-refractivity contribution < 1.29 is 15.1 Å². The minimum Gasteiger partial charge on any atom is -0.494 e. The number of nitro benzene ring substituents is 1. The fourth-order valence-corrected chi connectivity index (χ4v) is 4.66. The summed E-state index contributed by atoms with van der Waals surface area (Å²) in [6, 6.07) is 10.0. The summed E-state index contributed by atoms with van der Waals surface area (Å²) >= 11 is 0. The highest BCUT2D eigenvalue weighted by Gasteiger charge is 2.36. The predicted molar refractivity (Wildman–Crippen MR) is 102 cm³/mol. The molecular weight excluding hydrogens is 344 g/mol. The molecule has 3 aliphatic carbocycles. The largest absolute Gasteiger partial charge is 0.494 e. The Bertz CT molecular complexity index is 1090. The van der Waals surface area contributed by atoms with Crippen molar-refractivity contribution in [2.75, 3.05) is 0 Å². The first kappa shape index (κ1) is 15.9. The molecule has 0 radical (unpaired) electrons. The van der Waals surface area contributed by atoms with E-state index >= 15 is 0 Å². The van der Waals surface area contributed by atoms with E-state index in [0.29, 0.717) is 16.5 Å². The highest BCUT2D eigenvalue weighted by molar-refractivity contribution is 5.97. The van der Waals surface area contributed by atoms with Gasteiger partial charge in [-0.25, -0.2) is 0 Å². The first-order valence-corrected chi connectivity index (χ1v) is 9.09. The molecule has 6 heteroatoms. The second-order valence-electron chi connectivity index (χ2n) is 7.25. The Morgan fingerprint density at radius 1 is 0.926 bits per heavy atom. The number of nitro groups is 1. The van der Waals surface area contributed by atoms with E-state index in [4.69, 9.17) is 0 Å². The van der Waals surface area contributed by atoms with Crippen LogP contribution in [0.5, 0.6) is 11.8 Å². The topological polar surface area (TPSA) is 88.5 Å². The third-order valence-electron chi connectivity index (χ3n) is 5.86. The molecule has 2 atom stereocenters. The van der Waals surface area contributed by atoms with Crippen molar-refractivity contribution >= 4 is 16.5 Å². The summed E-state index contributed by atoms with van der Waals surface area (Å²) in [6.45, 7) is 0. The van der Waals surface area contributed by atoms with E-state index in [1.807, 2.05) is 0 Å². The maximum atomic E-state index is 11.4. The van der Waals surface area contributed by atoms with Gasteiger partial charge in [-0.1, -0.05) is 36.8 Å². The Hall–Kier alpha value is -3.28. The normalized spacial score (nSPS) is 20.6. The molecule has 1 heterocycles. The molecule has 136 valence electrons. The van der Waals surface area contributed by atoms with Crippen LogP contribution in [0, 0.1) is 10.1 Å². The summed E-state index contributed by atoms with van der Waals surface area (Å²) in [5.41, 5.74) is 2.13. The molecule has 0 fully saturated rings. The molecule has 0 saturated carbocycles. The minimum atomic E-state index is -0.416. The van der Waals surface area contributed by atoms with Crippen molar-refractivity contribution in [2.45, 2.75) is 31.1 Å². The minimum absolute atomic E-state index is 0.00350. The lowest BCUT2D eigenvalue weighted by Crippen LogP contribution is -2.02. The van der Waals surface area contributed by atoms with Gasteiger partial charge in [0.2, 0.25) is 11.8 Å². The Morgan fingerprint density at radius 2 is 1.52 bits per heavy atom. The van der Waals surface area contributed by atoms with E-state index in [-0.39, 0.29) is 29.3 Å². The number of non-ortho nitro benzene ring substituents is 1. The van der Waals surface area contributed by atoms with Crippen LogP contribution in [0.15, 0.2) is 48.6 Å². The molecule has 1 aromatic heterocycles. The molecule has 6 nitrogen and oxygen atoms in total. The predicted octanol–water partition coefficient (Wildman–Crippen LogP) is 4.87. The summed E-state index contributed by atoms with van der Waals surface area (Å²) in [6.07, 6.45) is 7.18. The molecular formula is C21H18N2O4. The van der Waals surface area contributed by atoms with E-state index in [2.05, 4.69) is 12.2 Å². The van der Waals surface area contributed by atoms with Gasteiger partial charge < -0.3 is 10.2 Å². The molecule has 3 aromatic rings. The van der Waals surface area contributed by atoms with Crippen molar-refractivity contribution in [3.05, 3.63) is 69.8 Å². The van der Waals surface area contributed by atoms with Crippen LogP contribution in [-0.2, 0) is 0 Å².